The predicted octanol–water partition coefficient (Wildman–Crippen LogP) is 3.89. The van der Waals surface area contributed by atoms with Crippen molar-refractivity contribution in [3.05, 3.63) is 35.6 Å². The average Bonchev–Trinajstić information content (AvgIpc) is 2.65. The molecule has 0 amide bonds. The van der Waals surface area contributed by atoms with Crippen LogP contribution in [0.1, 0.15) is 39.0 Å². The lowest BCUT2D eigenvalue weighted by Crippen LogP contribution is -1.86. The lowest BCUT2D eigenvalue weighted by molar-refractivity contribution is 0.377. The number of hydrogen-bond donors (Lipinski definition) is 1. The van der Waals surface area contributed by atoms with Crippen LogP contribution in [0.15, 0.2) is 35.6 Å². The van der Waals surface area contributed by atoms with Gasteiger partial charge in [0.05, 0.1) is 5.76 Å². The highest BCUT2D eigenvalue weighted by Gasteiger charge is 2.01. The molecule has 1 N–H and O–H groups in total. The Morgan fingerprint density at radius 3 is 2.46 bits per heavy atom. The monoisotopic (exact) mass is 178 g/mol. The van der Waals surface area contributed by atoms with Gasteiger partial charge in [-0.1, -0.05) is 50.5 Å². The van der Waals surface area contributed by atoms with Crippen LogP contribution in [0.3, 0.4) is 0 Å². The van der Waals surface area contributed by atoms with E-state index in [0.717, 1.165) is 18.4 Å². The number of aliphatic hydroxyl groups excluding tert-OH is 1. The second kappa shape index (κ2) is 5.63. The summed E-state index contributed by atoms with van der Waals surface area (Å²) in [5, 5.41) is 9.63. The third-order valence-corrected chi connectivity index (χ3v) is 2.26. The number of aliphatic hydroxyl groups is 1. The maximum absolute atomic E-state index is 9.63. The van der Waals surface area contributed by atoms with Crippen molar-refractivity contribution in [2.45, 2.75) is 39.0 Å². The molecule has 0 aromatic carbocycles. The summed E-state index contributed by atoms with van der Waals surface area (Å²) in [6, 6.07) is 0. The summed E-state index contributed by atoms with van der Waals surface area (Å²) in [7, 11) is 0. The molecule has 0 heterocycles. The first-order valence-electron chi connectivity index (χ1n) is 5.11. The van der Waals surface area contributed by atoms with E-state index in [1.165, 1.54) is 19.3 Å². The van der Waals surface area contributed by atoms with E-state index in [1.807, 2.05) is 24.3 Å². The van der Waals surface area contributed by atoms with Gasteiger partial charge >= 0.3 is 0 Å². The summed E-state index contributed by atoms with van der Waals surface area (Å²) in [5.74, 6) is 0.543. The van der Waals surface area contributed by atoms with Crippen LogP contribution in [0.5, 0.6) is 0 Å². The molecular formula is C12H18O. The van der Waals surface area contributed by atoms with Crippen molar-refractivity contribution in [3.8, 4) is 0 Å². The first-order valence-corrected chi connectivity index (χ1v) is 5.11. The maximum atomic E-state index is 9.63. The van der Waals surface area contributed by atoms with Crippen LogP contribution < -0.4 is 0 Å². The fourth-order valence-electron chi connectivity index (χ4n) is 1.43. The van der Waals surface area contributed by atoms with Gasteiger partial charge in [0, 0.05) is 12.0 Å². The maximum Gasteiger partial charge on any atom is 0.0994 e. The Hall–Kier alpha value is -0.980. The van der Waals surface area contributed by atoms with Crippen molar-refractivity contribution in [3.63, 3.8) is 0 Å². The molecular weight excluding hydrogens is 160 g/mol. The van der Waals surface area contributed by atoms with Crippen molar-refractivity contribution < 1.29 is 5.11 Å². The number of allylic oxidation sites excluding steroid dienone is 6. The molecule has 0 bridgehead atoms. The highest BCUT2D eigenvalue weighted by atomic mass is 16.3. The molecule has 0 saturated heterocycles. The van der Waals surface area contributed by atoms with Crippen LogP contribution in [-0.2, 0) is 0 Å². The highest BCUT2D eigenvalue weighted by Crippen LogP contribution is 2.16. The third-order valence-electron chi connectivity index (χ3n) is 2.26. The van der Waals surface area contributed by atoms with Gasteiger partial charge in [0.25, 0.3) is 0 Å². The lowest BCUT2D eigenvalue weighted by atomic mass is 10.1. The van der Waals surface area contributed by atoms with Gasteiger partial charge in [0.1, 0.15) is 0 Å². The Kier molecular flexibility index (Phi) is 4.37. The molecule has 0 fully saturated rings. The van der Waals surface area contributed by atoms with E-state index in [4.69, 9.17) is 0 Å². The van der Waals surface area contributed by atoms with Crippen molar-refractivity contribution in [1.29, 1.82) is 0 Å². The van der Waals surface area contributed by atoms with Crippen LogP contribution in [-0.4, -0.2) is 5.11 Å². The number of rotatable bonds is 5. The van der Waals surface area contributed by atoms with Crippen LogP contribution in [0, 0.1) is 0 Å². The van der Waals surface area contributed by atoms with Gasteiger partial charge < -0.3 is 5.11 Å². The molecule has 0 aliphatic heterocycles. The minimum atomic E-state index is 0.543. The van der Waals surface area contributed by atoms with E-state index in [-0.39, 0.29) is 0 Å². The van der Waals surface area contributed by atoms with Gasteiger partial charge in [0.15, 0.2) is 0 Å². The van der Waals surface area contributed by atoms with E-state index in [9.17, 15) is 5.11 Å². The molecule has 1 aliphatic rings. The van der Waals surface area contributed by atoms with E-state index < -0.39 is 0 Å². The molecule has 1 heteroatoms. The first-order chi connectivity index (χ1) is 6.34. The molecule has 0 aromatic rings. The highest BCUT2D eigenvalue weighted by molar-refractivity contribution is 5.41. The Labute approximate surface area is 80.5 Å². The Morgan fingerprint density at radius 2 is 1.85 bits per heavy atom. The molecule has 1 rings (SSSR count). The molecule has 0 unspecified atom stereocenters. The Morgan fingerprint density at radius 1 is 1.15 bits per heavy atom. The number of unbranched alkanes of at least 4 members (excludes halogenated alkanes) is 3. The average molecular weight is 178 g/mol. The van der Waals surface area contributed by atoms with Gasteiger partial charge in [-0.05, 0) is 6.42 Å². The summed E-state index contributed by atoms with van der Waals surface area (Å²) >= 11 is 0. The molecule has 0 saturated carbocycles. The Balaban J connectivity index is 2.24. The topological polar surface area (TPSA) is 20.2 Å². The zero-order chi connectivity index (χ0) is 9.52. The van der Waals surface area contributed by atoms with Crippen molar-refractivity contribution >= 4 is 0 Å². The van der Waals surface area contributed by atoms with Gasteiger partial charge in [-0.2, -0.15) is 0 Å². The third kappa shape index (κ3) is 3.49. The zero-order valence-corrected chi connectivity index (χ0v) is 8.29. The summed E-state index contributed by atoms with van der Waals surface area (Å²) in [5.41, 5.74) is 0.983. The van der Waals surface area contributed by atoms with E-state index in [2.05, 4.69) is 6.92 Å². The minimum absolute atomic E-state index is 0.543. The molecule has 0 atom stereocenters. The second-order valence-corrected chi connectivity index (χ2v) is 3.43. The van der Waals surface area contributed by atoms with Gasteiger partial charge in [-0.25, -0.2) is 0 Å². The summed E-state index contributed by atoms with van der Waals surface area (Å²) in [4.78, 5) is 0. The summed E-state index contributed by atoms with van der Waals surface area (Å²) < 4.78 is 0. The largest absolute Gasteiger partial charge is 0.512 e. The normalized spacial score (nSPS) is 14.1. The van der Waals surface area contributed by atoms with Gasteiger partial charge in [-0.3, -0.25) is 0 Å². The fourth-order valence-corrected chi connectivity index (χ4v) is 1.43. The molecule has 0 radical (unpaired) electrons. The van der Waals surface area contributed by atoms with E-state index in [0.29, 0.717) is 5.76 Å². The minimum Gasteiger partial charge on any atom is -0.512 e. The summed E-state index contributed by atoms with van der Waals surface area (Å²) in [6.45, 7) is 2.20. The van der Waals surface area contributed by atoms with Crippen LogP contribution in [0.2, 0.25) is 0 Å². The molecule has 1 aliphatic carbocycles. The van der Waals surface area contributed by atoms with E-state index in [1.54, 1.807) is 0 Å². The quantitative estimate of drug-likeness (QED) is 0.500. The second-order valence-electron chi connectivity index (χ2n) is 3.43. The molecule has 0 spiro atoms. The van der Waals surface area contributed by atoms with Crippen molar-refractivity contribution in [2.75, 3.05) is 0 Å². The molecule has 72 valence electrons. The molecule has 0 aromatic heterocycles. The van der Waals surface area contributed by atoms with Crippen molar-refractivity contribution in [1.82, 2.24) is 0 Å². The predicted molar refractivity (Wildman–Crippen MR) is 56.7 cm³/mol. The first kappa shape index (κ1) is 10.1. The van der Waals surface area contributed by atoms with Crippen LogP contribution >= 0.6 is 0 Å². The Bertz CT molecular complexity index is 220. The van der Waals surface area contributed by atoms with E-state index >= 15 is 0 Å². The zero-order valence-electron chi connectivity index (χ0n) is 8.29. The van der Waals surface area contributed by atoms with Crippen molar-refractivity contribution in [2.24, 2.45) is 0 Å². The van der Waals surface area contributed by atoms with Crippen LogP contribution in [0.4, 0.5) is 0 Å². The smallest absolute Gasteiger partial charge is 0.0994 e. The number of hydrogen-bond acceptors (Lipinski definition) is 1. The van der Waals surface area contributed by atoms with Gasteiger partial charge in [0.2, 0.25) is 0 Å². The SMILES string of the molecule is CCCCCCC(O)=C1C=CC=C1. The summed E-state index contributed by atoms with van der Waals surface area (Å²) in [6.07, 6.45) is 13.5. The standard InChI is InChI=1S/C12H18O/c1-2-3-4-5-10-12(13)11-8-6-7-9-11/h6-9,13H,2-5,10H2,1H3. The fraction of sp³-hybridized carbons (Fsp3) is 0.500. The lowest BCUT2D eigenvalue weighted by Gasteiger charge is -2.01. The van der Waals surface area contributed by atoms with Gasteiger partial charge in [-0.15, -0.1) is 0 Å². The van der Waals surface area contributed by atoms with Crippen LogP contribution in [0.25, 0.3) is 0 Å². The molecule has 1 nitrogen and oxygen atoms in total. The molecule has 13 heavy (non-hydrogen) atoms.